The molecule has 114 valence electrons. The average molecular weight is 306 g/mol. The Labute approximate surface area is 130 Å². The topological polar surface area (TPSA) is 35.5 Å². The van der Waals surface area contributed by atoms with Crippen LogP contribution >= 0.6 is 11.8 Å². The molecule has 2 aliphatic rings. The summed E-state index contributed by atoms with van der Waals surface area (Å²) in [6.07, 6.45) is -0.0247. The fourth-order valence-corrected chi connectivity index (χ4v) is 4.00. The van der Waals surface area contributed by atoms with Gasteiger partial charge in [0.15, 0.2) is 5.78 Å². The first-order valence-electron chi connectivity index (χ1n) is 7.42. The number of benzene rings is 1. The van der Waals surface area contributed by atoms with Gasteiger partial charge in [0.25, 0.3) is 0 Å². The van der Waals surface area contributed by atoms with E-state index >= 15 is 0 Å². The van der Waals surface area contributed by atoms with Crippen LogP contribution in [-0.4, -0.2) is 30.0 Å². The van der Waals surface area contributed by atoms with Crippen LogP contribution in [0.3, 0.4) is 0 Å². The molecule has 2 fully saturated rings. The van der Waals surface area contributed by atoms with Gasteiger partial charge < -0.3 is 9.47 Å². The van der Waals surface area contributed by atoms with Gasteiger partial charge in [-0.3, -0.25) is 4.79 Å². The van der Waals surface area contributed by atoms with Crippen LogP contribution < -0.4 is 0 Å². The Morgan fingerprint density at radius 1 is 1.29 bits per heavy atom. The van der Waals surface area contributed by atoms with Gasteiger partial charge in [-0.05, 0) is 29.5 Å². The molecule has 2 heterocycles. The first-order chi connectivity index (χ1) is 9.84. The lowest BCUT2D eigenvalue weighted by Gasteiger charge is -2.27. The molecule has 2 bridgehead atoms. The van der Waals surface area contributed by atoms with E-state index in [1.807, 2.05) is 0 Å². The zero-order valence-electron chi connectivity index (χ0n) is 13.0. The molecule has 2 saturated heterocycles. The molecule has 0 radical (unpaired) electrons. The number of aryl methyl sites for hydroxylation is 1. The van der Waals surface area contributed by atoms with Crippen LogP contribution in [0.15, 0.2) is 23.1 Å². The fraction of sp³-hybridized carbons (Fsp3) is 0.588. The van der Waals surface area contributed by atoms with E-state index in [0.717, 1.165) is 0 Å². The molecule has 0 aliphatic carbocycles. The highest BCUT2D eigenvalue weighted by Crippen LogP contribution is 2.39. The maximum Gasteiger partial charge on any atom is 0.218 e. The summed E-state index contributed by atoms with van der Waals surface area (Å²) < 4.78 is 11.0. The Balaban J connectivity index is 1.82. The minimum Gasteiger partial charge on any atom is -0.343 e. The lowest BCUT2D eigenvalue weighted by molar-refractivity contribution is -0.151. The third kappa shape index (κ3) is 3.03. The van der Waals surface area contributed by atoms with Gasteiger partial charge >= 0.3 is 0 Å². The van der Waals surface area contributed by atoms with Crippen molar-refractivity contribution < 1.29 is 14.3 Å². The second-order valence-electron chi connectivity index (χ2n) is 6.90. The summed E-state index contributed by atoms with van der Waals surface area (Å²) in [5.74, 6) is 0.0749. The van der Waals surface area contributed by atoms with Crippen molar-refractivity contribution in [2.24, 2.45) is 0 Å². The molecule has 0 aromatic heterocycles. The van der Waals surface area contributed by atoms with Gasteiger partial charge in [0.1, 0.15) is 0 Å². The van der Waals surface area contributed by atoms with Crippen molar-refractivity contribution in [3.63, 3.8) is 0 Å². The standard InChI is InChI=1S/C17H22O3S/c1-10-5-6-11(17(2,3)4)7-14(10)21-15-8-12(18)16-19-9-13(15)20-16/h5-7,13,15-16H,8-9H2,1-4H3/t13-,15-,16-/m1/s1. The SMILES string of the molecule is Cc1ccc(C(C)(C)C)cc1S[C@@H]1CC(=O)[C@@H]2OC[C@H]1O2. The average Bonchev–Trinajstić information content (AvgIpc) is 2.83. The highest BCUT2D eigenvalue weighted by atomic mass is 32.2. The zero-order valence-corrected chi connectivity index (χ0v) is 13.8. The third-order valence-electron chi connectivity index (χ3n) is 4.12. The molecule has 21 heavy (non-hydrogen) atoms. The summed E-state index contributed by atoms with van der Waals surface area (Å²) in [5, 5.41) is 0.158. The van der Waals surface area contributed by atoms with E-state index in [-0.39, 0.29) is 22.6 Å². The van der Waals surface area contributed by atoms with Gasteiger partial charge in [-0.25, -0.2) is 0 Å². The highest BCUT2D eigenvalue weighted by Gasteiger charge is 2.43. The number of carbonyl (C=O) groups excluding carboxylic acids is 1. The van der Waals surface area contributed by atoms with Crippen LogP contribution in [0.25, 0.3) is 0 Å². The van der Waals surface area contributed by atoms with Gasteiger partial charge in [0, 0.05) is 16.6 Å². The van der Waals surface area contributed by atoms with Crippen molar-refractivity contribution in [1.82, 2.24) is 0 Å². The zero-order chi connectivity index (χ0) is 15.2. The number of hydrogen-bond acceptors (Lipinski definition) is 4. The molecule has 0 unspecified atom stereocenters. The molecular weight excluding hydrogens is 284 g/mol. The van der Waals surface area contributed by atoms with Gasteiger partial charge in [0.2, 0.25) is 6.29 Å². The number of Topliss-reactive ketones (excluding diaryl/α,β-unsaturated/α-hetero) is 1. The van der Waals surface area contributed by atoms with E-state index in [2.05, 4.69) is 45.9 Å². The lowest BCUT2D eigenvalue weighted by atomic mass is 9.87. The Hall–Kier alpha value is -0.840. The number of hydrogen-bond donors (Lipinski definition) is 0. The Morgan fingerprint density at radius 3 is 2.76 bits per heavy atom. The van der Waals surface area contributed by atoms with Gasteiger partial charge in [0.05, 0.1) is 12.7 Å². The van der Waals surface area contributed by atoms with Crippen molar-refractivity contribution in [2.45, 2.75) is 62.1 Å². The Kier molecular flexibility index (Phi) is 3.89. The number of rotatable bonds is 2. The van der Waals surface area contributed by atoms with Crippen molar-refractivity contribution in [2.75, 3.05) is 6.61 Å². The monoisotopic (exact) mass is 306 g/mol. The largest absolute Gasteiger partial charge is 0.343 e. The van der Waals surface area contributed by atoms with E-state index in [1.165, 1.54) is 16.0 Å². The van der Waals surface area contributed by atoms with Crippen molar-refractivity contribution >= 4 is 17.5 Å². The molecule has 0 spiro atoms. The first kappa shape index (κ1) is 15.1. The van der Waals surface area contributed by atoms with Gasteiger partial charge in [-0.15, -0.1) is 11.8 Å². The second kappa shape index (κ2) is 5.41. The maximum atomic E-state index is 11.9. The maximum absolute atomic E-state index is 11.9. The molecular formula is C17H22O3S. The molecule has 3 atom stereocenters. The summed E-state index contributed by atoms with van der Waals surface area (Å²) in [7, 11) is 0. The number of fused-ring (bicyclic) bond motifs is 2. The third-order valence-corrected chi connectivity index (χ3v) is 5.59. The summed E-state index contributed by atoms with van der Waals surface area (Å²) in [6, 6.07) is 6.62. The Bertz CT molecular complexity index is 562. The molecule has 0 N–H and O–H groups in total. The van der Waals surface area contributed by atoms with E-state index in [1.54, 1.807) is 11.8 Å². The van der Waals surface area contributed by atoms with Gasteiger partial charge in [-0.1, -0.05) is 32.9 Å². The minimum atomic E-state index is -0.603. The van der Waals surface area contributed by atoms with Crippen molar-refractivity contribution in [3.8, 4) is 0 Å². The van der Waals surface area contributed by atoms with E-state index in [0.29, 0.717) is 13.0 Å². The van der Waals surface area contributed by atoms with Crippen LogP contribution in [0.5, 0.6) is 0 Å². The predicted molar refractivity (Wildman–Crippen MR) is 83.8 cm³/mol. The van der Waals surface area contributed by atoms with E-state index < -0.39 is 6.29 Å². The minimum absolute atomic E-state index is 0.0374. The normalized spacial score (nSPS) is 29.0. The molecule has 2 aliphatic heterocycles. The van der Waals surface area contributed by atoms with Gasteiger partial charge in [-0.2, -0.15) is 0 Å². The van der Waals surface area contributed by atoms with Crippen molar-refractivity contribution in [3.05, 3.63) is 29.3 Å². The Morgan fingerprint density at radius 2 is 2.05 bits per heavy atom. The molecule has 0 amide bonds. The number of ketones is 1. The van der Waals surface area contributed by atoms with Crippen LogP contribution in [0.4, 0.5) is 0 Å². The van der Waals surface area contributed by atoms with Crippen LogP contribution in [0, 0.1) is 6.92 Å². The summed E-state index contributed by atoms with van der Waals surface area (Å²) in [6.45, 7) is 9.30. The number of thioether (sulfide) groups is 1. The number of carbonyl (C=O) groups is 1. The van der Waals surface area contributed by atoms with E-state index in [4.69, 9.17) is 9.47 Å². The second-order valence-corrected chi connectivity index (χ2v) is 8.18. The smallest absolute Gasteiger partial charge is 0.218 e. The van der Waals surface area contributed by atoms with Crippen LogP contribution in [0.2, 0.25) is 0 Å². The summed E-state index contributed by atoms with van der Waals surface area (Å²) >= 11 is 1.76. The fourth-order valence-electron chi connectivity index (χ4n) is 2.68. The molecule has 3 rings (SSSR count). The van der Waals surface area contributed by atoms with Crippen LogP contribution in [-0.2, 0) is 19.7 Å². The summed E-state index contributed by atoms with van der Waals surface area (Å²) in [5.41, 5.74) is 2.70. The quantitative estimate of drug-likeness (QED) is 0.838. The molecule has 4 heteroatoms. The van der Waals surface area contributed by atoms with Crippen molar-refractivity contribution in [1.29, 1.82) is 0 Å². The summed E-state index contributed by atoms with van der Waals surface area (Å²) in [4.78, 5) is 13.1. The lowest BCUT2D eigenvalue weighted by Crippen LogP contribution is -2.37. The first-order valence-corrected chi connectivity index (χ1v) is 8.30. The molecule has 1 aromatic carbocycles. The highest BCUT2D eigenvalue weighted by molar-refractivity contribution is 8.00. The van der Waals surface area contributed by atoms with Crippen LogP contribution in [0.1, 0.15) is 38.3 Å². The predicted octanol–water partition coefficient (Wildman–Crippen LogP) is 3.47. The molecule has 1 aromatic rings. The van der Waals surface area contributed by atoms with E-state index in [9.17, 15) is 4.79 Å². The molecule has 0 saturated carbocycles. The number of ether oxygens (including phenoxy) is 2. The molecule has 3 nitrogen and oxygen atoms in total.